The molecule has 0 bridgehead atoms. The van der Waals surface area contributed by atoms with Crippen molar-refractivity contribution in [2.75, 3.05) is 0 Å². The van der Waals surface area contributed by atoms with Crippen LogP contribution >= 0.6 is 0 Å². The molecular formula is C73H85N6OPt-. The summed E-state index contributed by atoms with van der Waals surface area (Å²) in [5, 5.41) is 12.7. The smallest absolute Gasteiger partial charge is 0.163 e. The predicted molar refractivity (Wildman–Crippen MR) is 336 cm³/mol. The molecule has 0 saturated heterocycles. The Morgan fingerprint density at radius 1 is 0.407 bits per heavy atom. The van der Waals surface area contributed by atoms with E-state index in [0.717, 1.165) is 95.3 Å². The molecular weight excluding hydrogens is 1170 g/mol. The molecule has 0 fully saturated rings. The maximum atomic E-state index is 12.7. The van der Waals surface area contributed by atoms with Crippen LogP contribution in [0.1, 0.15) is 185 Å². The van der Waals surface area contributed by atoms with E-state index in [1.807, 2.05) is 6.20 Å². The number of para-hydroxylation sites is 1. The Morgan fingerprint density at radius 3 is 1.57 bits per heavy atom. The third kappa shape index (κ3) is 12.5. The number of hydrogen-bond donors (Lipinski definition) is 1. The van der Waals surface area contributed by atoms with Gasteiger partial charge in [0, 0.05) is 60.5 Å². The van der Waals surface area contributed by atoms with Gasteiger partial charge in [-0.05, 0) is 96.9 Å². The molecule has 9 aromatic rings. The van der Waals surface area contributed by atoms with E-state index in [-0.39, 0.29) is 64.7 Å². The van der Waals surface area contributed by atoms with Gasteiger partial charge in [-0.15, -0.1) is 29.3 Å². The summed E-state index contributed by atoms with van der Waals surface area (Å²) >= 11 is 0. The molecule has 9 rings (SSSR count). The zero-order valence-corrected chi connectivity index (χ0v) is 54.3. The predicted octanol–water partition coefficient (Wildman–Crippen LogP) is 19.2. The van der Waals surface area contributed by atoms with Crippen molar-refractivity contribution in [3.8, 4) is 78.9 Å². The molecule has 0 atom stereocenters. The SMILES string of the molecule is CC(C)(C)c1cc(-c2cc(-c3ccc(-c4nc(C(C)(C)C)nc(C(C)(C)C)n4)cc3C(C)(C)C)ccn2)[c-]c(-c2cccc3c2nc(-c2cc(C(C)(C)C)cc(C(C)(C)C)c2O)n3-c2ccc(C(C)(C)C)cc2-c2ccccc2)c1.[Pt]. The molecule has 424 valence electrons. The fraction of sp³-hybridized carbons (Fsp3) is 0.384. The minimum Gasteiger partial charge on any atom is -0.507 e. The van der Waals surface area contributed by atoms with Gasteiger partial charge in [-0.1, -0.05) is 229 Å². The molecule has 0 saturated carbocycles. The Morgan fingerprint density at radius 2 is 0.988 bits per heavy atom. The van der Waals surface area contributed by atoms with Gasteiger partial charge < -0.3 is 5.11 Å². The van der Waals surface area contributed by atoms with Crippen molar-refractivity contribution in [2.45, 2.75) is 183 Å². The number of fused-ring (bicyclic) bond motifs is 1. The van der Waals surface area contributed by atoms with E-state index in [9.17, 15) is 5.11 Å². The number of nitrogens with zero attached hydrogens (tertiary/aromatic N) is 6. The number of rotatable bonds is 7. The van der Waals surface area contributed by atoms with E-state index < -0.39 is 0 Å². The molecule has 0 amide bonds. The Bertz CT molecular complexity index is 3780. The minimum absolute atomic E-state index is 0. The van der Waals surface area contributed by atoms with E-state index >= 15 is 0 Å². The molecule has 0 aliphatic rings. The van der Waals surface area contributed by atoms with Crippen LogP contribution in [0.4, 0.5) is 0 Å². The van der Waals surface area contributed by atoms with E-state index in [4.69, 9.17) is 24.9 Å². The van der Waals surface area contributed by atoms with Crippen LogP contribution in [0.25, 0.3) is 84.1 Å². The van der Waals surface area contributed by atoms with E-state index in [0.29, 0.717) is 17.2 Å². The first kappa shape index (κ1) is 60.5. The molecule has 1 N–H and O–H groups in total. The largest absolute Gasteiger partial charge is 0.507 e. The van der Waals surface area contributed by atoms with Crippen molar-refractivity contribution in [2.24, 2.45) is 0 Å². The first-order valence-electron chi connectivity index (χ1n) is 28.6. The molecule has 0 aliphatic heterocycles. The van der Waals surface area contributed by atoms with Crippen LogP contribution in [0.3, 0.4) is 0 Å². The zero-order chi connectivity index (χ0) is 58.4. The summed E-state index contributed by atoms with van der Waals surface area (Å²) < 4.78 is 2.28. The molecule has 7 nitrogen and oxygen atoms in total. The van der Waals surface area contributed by atoms with Crippen LogP contribution in [-0.2, 0) is 59.0 Å². The van der Waals surface area contributed by atoms with Gasteiger partial charge in [0.05, 0.1) is 22.3 Å². The number of benzene rings is 6. The summed E-state index contributed by atoms with van der Waals surface area (Å²) in [6, 6.07) is 47.7. The fourth-order valence-electron chi connectivity index (χ4n) is 10.4. The van der Waals surface area contributed by atoms with E-state index in [1.54, 1.807) is 0 Å². The molecule has 3 heterocycles. The molecule has 6 aromatic carbocycles. The van der Waals surface area contributed by atoms with Crippen molar-refractivity contribution in [1.82, 2.24) is 29.5 Å². The molecule has 0 unspecified atom stereocenters. The van der Waals surface area contributed by atoms with Gasteiger partial charge in [-0.25, -0.2) is 19.9 Å². The second kappa shape index (κ2) is 21.3. The first-order valence-corrected chi connectivity index (χ1v) is 28.6. The van der Waals surface area contributed by atoms with Gasteiger partial charge in [-0.2, -0.15) is 0 Å². The zero-order valence-electron chi connectivity index (χ0n) is 52.1. The Labute approximate surface area is 498 Å². The van der Waals surface area contributed by atoms with Gasteiger partial charge in [0.2, 0.25) is 0 Å². The third-order valence-corrected chi connectivity index (χ3v) is 15.3. The van der Waals surface area contributed by atoms with Crippen LogP contribution in [0, 0.1) is 6.07 Å². The van der Waals surface area contributed by atoms with Crippen molar-refractivity contribution < 1.29 is 26.2 Å². The van der Waals surface area contributed by atoms with E-state index in [2.05, 4.69) is 277 Å². The molecule has 3 aromatic heterocycles. The molecule has 0 aliphatic carbocycles. The fourth-order valence-corrected chi connectivity index (χ4v) is 10.4. The Kier molecular flexibility index (Phi) is 15.9. The summed E-state index contributed by atoms with van der Waals surface area (Å²) in [6.45, 7) is 46.5. The number of aromatic hydroxyl groups is 1. The standard InChI is InChI=1S/C73H85N6O.Pt/c1-67(2,3)49-31-33-59(54(41-49)44-26-23-22-24-27-44)79-60-29-25-28-53(61(60)75-64(79)55-42-51(69(7,8)9)43-57(62(55)80)71(13,14)15)47-36-48(38-50(37-47)68(4,5)6)58-40-45(34-35-74-58)52-32-30-46(39-56(52)70(10,11)12)63-76-65(72(16,17)18)78-66(77-63)73(19,20)21;/h22-35,37-43,80H,1-21H3;/q-1;. The average molecular weight is 1260 g/mol. The van der Waals surface area contributed by atoms with Crippen LogP contribution < -0.4 is 0 Å². The van der Waals surface area contributed by atoms with Crippen molar-refractivity contribution in [3.63, 3.8) is 0 Å². The molecule has 0 spiro atoms. The van der Waals surface area contributed by atoms with Gasteiger partial charge >= 0.3 is 0 Å². The summed E-state index contributed by atoms with van der Waals surface area (Å²) in [6.07, 6.45) is 1.92. The number of phenolic OH excluding ortho intramolecular Hbond substituents is 1. The summed E-state index contributed by atoms with van der Waals surface area (Å²) in [5.74, 6) is 3.17. The van der Waals surface area contributed by atoms with Crippen molar-refractivity contribution in [1.29, 1.82) is 0 Å². The molecule has 81 heavy (non-hydrogen) atoms. The van der Waals surface area contributed by atoms with E-state index in [1.165, 1.54) is 11.1 Å². The first-order chi connectivity index (χ1) is 37.0. The number of aromatic nitrogens is 6. The Balaban J connectivity index is 0.00000860. The number of pyridine rings is 1. The third-order valence-electron chi connectivity index (χ3n) is 15.3. The summed E-state index contributed by atoms with van der Waals surface area (Å²) in [5.41, 5.74) is 16.3. The quantitative estimate of drug-likeness (QED) is 0.160. The van der Waals surface area contributed by atoms with Gasteiger partial charge in [0.1, 0.15) is 23.2 Å². The van der Waals surface area contributed by atoms with Crippen LogP contribution in [-0.4, -0.2) is 34.6 Å². The van der Waals surface area contributed by atoms with Crippen LogP contribution in [0.2, 0.25) is 0 Å². The Hall–Kier alpha value is -6.56. The summed E-state index contributed by atoms with van der Waals surface area (Å²) in [7, 11) is 0. The topological polar surface area (TPSA) is 89.6 Å². The molecule has 0 radical (unpaired) electrons. The van der Waals surface area contributed by atoms with Crippen molar-refractivity contribution in [3.05, 3.63) is 173 Å². The summed E-state index contributed by atoms with van der Waals surface area (Å²) in [4.78, 5) is 26.0. The maximum absolute atomic E-state index is 12.7. The second-order valence-electron chi connectivity index (χ2n) is 29.4. The van der Waals surface area contributed by atoms with Gasteiger partial charge in [0.15, 0.2) is 5.82 Å². The van der Waals surface area contributed by atoms with Crippen molar-refractivity contribution >= 4 is 11.0 Å². The monoisotopic (exact) mass is 1260 g/mol. The van der Waals surface area contributed by atoms with Gasteiger partial charge in [0.25, 0.3) is 0 Å². The average Bonchev–Trinajstić information content (AvgIpc) is 3.76. The van der Waals surface area contributed by atoms with Gasteiger partial charge in [-0.3, -0.25) is 9.55 Å². The second-order valence-corrected chi connectivity index (χ2v) is 29.4. The normalized spacial score (nSPS) is 13.0. The maximum Gasteiger partial charge on any atom is 0.163 e. The molecule has 8 heteroatoms. The minimum atomic E-state index is -0.352. The number of hydrogen-bond acceptors (Lipinski definition) is 6. The van der Waals surface area contributed by atoms with Crippen LogP contribution in [0.15, 0.2) is 128 Å². The van der Waals surface area contributed by atoms with Crippen LogP contribution in [0.5, 0.6) is 5.75 Å². The number of imidazole rings is 1. The number of phenols is 1.